The van der Waals surface area contributed by atoms with Crippen molar-refractivity contribution in [2.45, 2.75) is 5.16 Å². The van der Waals surface area contributed by atoms with E-state index in [1.165, 1.54) is 30.7 Å². The average molecular weight is 475 g/mol. The molecule has 0 aliphatic carbocycles. The molecule has 2 aromatic heterocycles. The number of hydrogen-bond donors (Lipinski definition) is 1. The highest BCUT2D eigenvalue weighted by atomic mass is 35.5. The molecule has 0 radical (unpaired) electrons. The van der Waals surface area contributed by atoms with Crippen molar-refractivity contribution in [2.75, 3.05) is 25.3 Å². The number of fused-ring (bicyclic) bond motifs is 1. The molecule has 4 aromatic rings. The first-order chi connectivity index (χ1) is 15.0. The second kappa shape index (κ2) is 9.17. The molecular formula is C21H19ClN4O3S2. The van der Waals surface area contributed by atoms with Gasteiger partial charge in [-0.05, 0) is 6.07 Å². The van der Waals surface area contributed by atoms with Gasteiger partial charge < -0.3 is 19.4 Å². The Morgan fingerprint density at radius 2 is 1.97 bits per heavy atom. The average Bonchev–Trinajstić information content (AvgIpc) is 3.36. The minimum Gasteiger partial charge on any atom is -0.495 e. The molecule has 1 amide bonds. The van der Waals surface area contributed by atoms with Gasteiger partial charge in [0, 0.05) is 40.2 Å². The van der Waals surface area contributed by atoms with Gasteiger partial charge in [-0.2, -0.15) is 0 Å². The Labute approximate surface area is 192 Å². The molecule has 10 heteroatoms. The summed E-state index contributed by atoms with van der Waals surface area (Å²) in [6.07, 6.45) is 0. The van der Waals surface area contributed by atoms with Gasteiger partial charge in [-0.1, -0.05) is 41.6 Å². The third-order valence-corrected chi connectivity index (χ3v) is 6.92. The van der Waals surface area contributed by atoms with E-state index in [9.17, 15) is 4.79 Å². The summed E-state index contributed by atoms with van der Waals surface area (Å²) in [6, 6.07) is 11.4. The van der Waals surface area contributed by atoms with Crippen LogP contribution >= 0.6 is 34.7 Å². The highest BCUT2D eigenvalue weighted by Gasteiger charge is 2.17. The monoisotopic (exact) mass is 474 g/mol. The predicted octanol–water partition coefficient (Wildman–Crippen LogP) is 5.10. The van der Waals surface area contributed by atoms with E-state index in [0.29, 0.717) is 27.4 Å². The number of anilines is 1. The Morgan fingerprint density at radius 3 is 2.74 bits per heavy atom. The molecule has 2 heterocycles. The number of amides is 1. The first-order valence-corrected chi connectivity index (χ1v) is 11.5. The van der Waals surface area contributed by atoms with Crippen molar-refractivity contribution in [3.05, 3.63) is 46.8 Å². The lowest BCUT2D eigenvalue weighted by atomic mass is 10.2. The Kier molecular flexibility index (Phi) is 6.35. The zero-order valence-electron chi connectivity index (χ0n) is 17.0. The molecule has 0 unspecified atom stereocenters. The number of hydrogen-bond acceptors (Lipinski definition) is 7. The van der Waals surface area contributed by atoms with E-state index in [4.69, 9.17) is 21.1 Å². The number of rotatable bonds is 7. The summed E-state index contributed by atoms with van der Waals surface area (Å²) in [5, 5.41) is 15.7. The van der Waals surface area contributed by atoms with E-state index in [1.54, 1.807) is 23.5 Å². The number of ether oxygens (including phenoxy) is 2. The number of thioether (sulfide) groups is 1. The number of nitrogens with zero attached hydrogens (tertiary/aromatic N) is 3. The van der Waals surface area contributed by atoms with Gasteiger partial charge in [0.25, 0.3) is 0 Å². The largest absolute Gasteiger partial charge is 0.495 e. The Balaban J connectivity index is 1.48. The van der Waals surface area contributed by atoms with Crippen LogP contribution in [0.25, 0.3) is 21.5 Å². The normalized spacial score (nSPS) is 11.0. The molecule has 31 heavy (non-hydrogen) atoms. The Bertz CT molecular complexity index is 1250. The van der Waals surface area contributed by atoms with Gasteiger partial charge in [-0.15, -0.1) is 21.5 Å². The van der Waals surface area contributed by atoms with Crippen LogP contribution in [0.15, 0.2) is 46.9 Å². The van der Waals surface area contributed by atoms with Gasteiger partial charge in [-0.25, -0.2) is 0 Å². The molecule has 0 aliphatic heterocycles. The van der Waals surface area contributed by atoms with Crippen molar-refractivity contribution in [3.63, 3.8) is 0 Å². The van der Waals surface area contributed by atoms with E-state index < -0.39 is 0 Å². The first-order valence-electron chi connectivity index (χ1n) is 9.22. The first kappa shape index (κ1) is 21.5. The SMILES string of the molecule is COc1cc(NC(=O)CSc2nnc(-c3csc4ccccc34)n2C)c(OC)cc1Cl. The van der Waals surface area contributed by atoms with Crippen LogP contribution in [0.4, 0.5) is 5.69 Å². The number of nitrogens with one attached hydrogen (secondary N) is 1. The third kappa shape index (κ3) is 4.34. The minimum absolute atomic E-state index is 0.157. The highest BCUT2D eigenvalue weighted by molar-refractivity contribution is 7.99. The van der Waals surface area contributed by atoms with Crippen molar-refractivity contribution in [2.24, 2.45) is 7.05 Å². The molecule has 0 saturated heterocycles. The summed E-state index contributed by atoms with van der Waals surface area (Å²) >= 11 is 9.09. The molecule has 0 aliphatic rings. The molecule has 0 fully saturated rings. The zero-order valence-corrected chi connectivity index (χ0v) is 19.4. The number of halogens is 1. The second-order valence-electron chi connectivity index (χ2n) is 6.53. The van der Waals surface area contributed by atoms with E-state index in [-0.39, 0.29) is 11.7 Å². The van der Waals surface area contributed by atoms with E-state index in [0.717, 1.165) is 16.8 Å². The van der Waals surface area contributed by atoms with Gasteiger partial charge >= 0.3 is 0 Å². The summed E-state index contributed by atoms with van der Waals surface area (Å²) in [7, 11) is 4.92. The summed E-state index contributed by atoms with van der Waals surface area (Å²) in [5.41, 5.74) is 1.52. The fourth-order valence-corrected chi connectivity index (χ4v) is 4.98. The summed E-state index contributed by atoms with van der Waals surface area (Å²) in [4.78, 5) is 12.5. The molecule has 0 atom stereocenters. The van der Waals surface area contributed by atoms with E-state index >= 15 is 0 Å². The van der Waals surface area contributed by atoms with Gasteiger partial charge in [0.1, 0.15) is 11.5 Å². The lowest BCUT2D eigenvalue weighted by Crippen LogP contribution is -2.15. The number of carbonyl (C=O) groups excluding carboxylic acids is 1. The lowest BCUT2D eigenvalue weighted by Gasteiger charge is -2.13. The van der Waals surface area contributed by atoms with Crippen molar-refractivity contribution in [1.29, 1.82) is 0 Å². The molecule has 7 nitrogen and oxygen atoms in total. The molecule has 160 valence electrons. The molecular weight excluding hydrogens is 456 g/mol. The van der Waals surface area contributed by atoms with Crippen LogP contribution in [0.5, 0.6) is 11.5 Å². The Hall–Kier alpha value is -2.75. The fourth-order valence-electron chi connectivity index (χ4n) is 3.10. The topological polar surface area (TPSA) is 78.3 Å². The summed E-state index contributed by atoms with van der Waals surface area (Å²) in [5.74, 6) is 1.62. The number of methoxy groups -OCH3 is 2. The maximum absolute atomic E-state index is 12.5. The van der Waals surface area contributed by atoms with Crippen molar-refractivity contribution in [1.82, 2.24) is 14.8 Å². The molecule has 4 rings (SSSR count). The molecule has 0 spiro atoms. The van der Waals surface area contributed by atoms with Gasteiger partial charge in [0.05, 0.1) is 30.7 Å². The van der Waals surface area contributed by atoms with Crippen LogP contribution in [0.3, 0.4) is 0 Å². The molecule has 0 saturated carbocycles. The van der Waals surface area contributed by atoms with Crippen LogP contribution in [-0.4, -0.2) is 40.6 Å². The maximum atomic E-state index is 12.5. The van der Waals surface area contributed by atoms with Crippen LogP contribution in [0.2, 0.25) is 5.02 Å². The van der Waals surface area contributed by atoms with Gasteiger partial charge in [0.2, 0.25) is 5.91 Å². The smallest absolute Gasteiger partial charge is 0.234 e. The standard InChI is InChI=1S/C21H19ClN4O3S2/c1-26-20(13-10-30-18-7-5-4-6-12(13)18)24-25-21(26)31-11-19(27)23-15-9-16(28-2)14(22)8-17(15)29-3/h4-10H,11H2,1-3H3,(H,23,27). The predicted molar refractivity (Wildman–Crippen MR) is 126 cm³/mol. The molecule has 2 aromatic carbocycles. The fraction of sp³-hybridized carbons (Fsp3) is 0.190. The van der Waals surface area contributed by atoms with Crippen LogP contribution < -0.4 is 14.8 Å². The van der Waals surface area contributed by atoms with E-state index in [2.05, 4.69) is 33.0 Å². The minimum atomic E-state index is -0.210. The summed E-state index contributed by atoms with van der Waals surface area (Å²) < 4.78 is 13.6. The second-order valence-corrected chi connectivity index (χ2v) is 8.80. The van der Waals surface area contributed by atoms with E-state index in [1.807, 2.05) is 23.7 Å². The van der Waals surface area contributed by atoms with Crippen LogP contribution in [0.1, 0.15) is 0 Å². The number of thiophene rings is 1. The highest BCUT2D eigenvalue weighted by Crippen LogP contribution is 2.36. The third-order valence-electron chi connectivity index (χ3n) is 4.64. The zero-order chi connectivity index (χ0) is 22.0. The molecule has 1 N–H and O–H groups in total. The summed E-state index contributed by atoms with van der Waals surface area (Å²) in [6.45, 7) is 0. The van der Waals surface area contributed by atoms with Crippen molar-refractivity contribution < 1.29 is 14.3 Å². The lowest BCUT2D eigenvalue weighted by molar-refractivity contribution is -0.113. The van der Waals surface area contributed by atoms with Crippen LogP contribution in [0, 0.1) is 0 Å². The number of carbonyl (C=O) groups is 1. The van der Waals surface area contributed by atoms with Gasteiger partial charge in [0.15, 0.2) is 11.0 Å². The quantitative estimate of drug-likeness (QED) is 0.375. The van der Waals surface area contributed by atoms with Crippen molar-refractivity contribution in [3.8, 4) is 22.9 Å². The molecule has 0 bridgehead atoms. The Morgan fingerprint density at radius 1 is 1.19 bits per heavy atom. The number of benzene rings is 2. The maximum Gasteiger partial charge on any atom is 0.234 e. The van der Waals surface area contributed by atoms with Gasteiger partial charge in [-0.3, -0.25) is 4.79 Å². The van der Waals surface area contributed by atoms with Crippen LogP contribution in [-0.2, 0) is 11.8 Å². The number of aromatic nitrogens is 3. The van der Waals surface area contributed by atoms with Crippen molar-refractivity contribution >= 4 is 56.4 Å².